The molecule has 0 spiro atoms. The van der Waals surface area contributed by atoms with Crippen LogP contribution in [0.1, 0.15) is 43.4 Å². The van der Waals surface area contributed by atoms with Crippen LogP contribution in [0.4, 0.5) is 35.1 Å². The van der Waals surface area contributed by atoms with Crippen molar-refractivity contribution < 1.29 is 49.7 Å². The van der Waals surface area contributed by atoms with Crippen LogP contribution in [0.25, 0.3) is 16.7 Å². The highest BCUT2D eigenvalue weighted by Gasteiger charge is 2.41. The first-order valence-electron chi connectivity index (χ1n) is 14.2. The average molecular weight is 653 g/mol. The zero-order valence-electron chi connectivity index (χ0n) is 25.0. The largest absolute Gasteiger partial charge is 0.498 e. The Bertz CT molecular complexity index is 1580. The van der Waals surface area contributed by atoms with Crippen LogP contribution in [0.5, 0.6) is 5.75 Å². The molecule has 3 nitrogen and oxygen atoms in total. The van der Waals surface area contributed by atoms with Crippen LogP contribution in [-0.2, 0) is 17.3 Å². The summed E-state index contributed by atoms with van der Waals surface area (Å²) in [6, 6.07) is 4.98. The summed E-state index contributed by atoms with van der Waals surface area (Å²) in [6.45, 7) is 6.40. The first-order valence-corrected chi connectivity index (χ1v) is 14.2. The molecule has 11 heteroatoms. The first kappa shape index (κ1) is 36.1. The van der Waals surface area contributed by atoms with E-state index in [-0.39, 0.29) is 42.2 Å². The van der Waals surface area contributed by atoms with Gasteiger partial charge in [-0.3, -0.25) is 0 Å². The summed E-state index contributed by atoms with van der Waals surface area (Å²) in [7, 11) is 0. The van der Waals surface area contributed by atoms with Gasteiger partial charge >= 0.3 is 6.11 Å². The van der Waals surface area contributed by atoms with Crippen molar-refractivity contribution in [3.63, 3.8) is 0 Å². The van der Waals surface area contributed by atoms with Gasteiger partial charge in [0.15, 0.2) is 5.83 Å². The van der Waals surface area contributed by atoms with Crippen molar-refractivity contribution in [2.24, 2.45) is 5.92 Å². The van der Waals surface area contributed by atoms with E-state index in [2.05, 4.69) is 11.3 Å². The van der Waals surface area contributed by atoms with Crippen LogP contribution in [0.3, 0.4) is 0 Å². The zero-order valence-corrected chi connectivity index (χ0v) is 25.0. The minimum absolute atomic E-state index is 0.0480. The second-order valence-corrected chi connectivity index (χ2v) is 10.2. The molecule has 46 heavy (non-hydrogen) atoms. The van der Waals surface area contributed by atoms with Gasteiger partial charge in [0.2, 0.25) is 0 Å². The number of aliphatic hydroxyl groups excluding tert-OH is 1. The number of hydrogen-bond acceptors (Lipinski definition) is 3. The second-order valence-electron chi connectivity index (χ2n) is 10.2. The molecule has 3 aromatic rings. The third-order valence-electron chi connectivity index (χ3n) is 6.90. The van der Waals surface area contributed by atoms with E-state index in [1.165, 1.54) is 19.1 Å². The SMILES string of the molecule is C=CCCC(CO)CO\C=C(F)/C(=C\C=C\C)c1cc(F)c(C(F)(F)Oc2ccc(-c3cc(F)c(CC)c(F)c3)c(F)c2)c(F)c1. The Morgan fingerprint density at radius 3 is 2.15 bits per heavy atom. The highest BCUT2D eigenvalue weighted by Crippen LogP contribution is 2.38. The van der Waals surface area contributed by atoms with E-state index >= 15 is 22.0 Å². The van der Waals surface area contributed by atoms with Gasteiger partial charge in [-0.25, -0.2) is 26.3 Å². The standard InChI is InChI=1S/C35H32F8O3/c1-4-7-9-21(18-44)19-45-20-33(41)26(10-8-5-2)23-15-31(39)34(32(40)16-23)35(42,43)46-24-11-12-27(30(38)17-24)22-13-28(36)25(6-3)29(37)14-22/h4-5,8,10-17,20-21,44H,1,6-7,9,18-19H2,2-3H3/b8-5+,26-10-,33-20+. The molecule has 3 aromatic carbocycles. The van der Waals surface area contributed by atoms with Gasteiger partial charge in [-0.15, -0.1) is 6.58 Å². The molecular weight excluding hydrogens is 620 g/mol. The summed E-state index contributed by atoms with van der Waals surface area (Å²) in [5.41, 5.74) is -3.40. The quantitative estimate of drug-likeness (QED) is 0.0769. The van der Waals surface area contributed by atoms with Crippen molar-refractivity contribution in [2.45, 2.75) is 39.2 Å². The molecule has 0 saturated heterocycles. The fourth-order valence-corrected chi connectivity index (χ4v) is 4.50. The molecule has 0 saturated carbocycles. The molecule has 0 radical (unpaired) electrons. The molecule has 1 unspecified atom stereocenters. The van der Waals surface area contributed by atoms with Crippen molar-refractivity contribution in [2.75, 3.05) is 13.2 Å². The van der Waals surface area contributed by atoms with E-state index in [0.717, 1.165) is 30.3 Å². The normalized spacial score (nSPS) is 13.3. The lowest BCUT2D eigenvalue weighted by Crippen LogP contribution is -2.25. The first-order chi connectivity index (χ1) is 21.9. The molecule has 3 rings (SSSR count). The van der Waals surface area contributed by atoms with Crippen LogP contribution < -0.4 is 4.74 Å². The van der Waals surface area contributed by atoms with Crippen LogP contribution in [0, 0.1) is 35.0 Å². The molecule has 1 N–H and O–H groups in total. The maximum absolute atomic E-state index is 15.1. The number of aliphatic hydroxyl groups is 1. The molecule has 0 fully saturated rings. The summed E-state index contributed by atoms with van der Waals surface area (Å²) < 4.78 is 128. The number of halogens is 8. The van der Waals surface area contributed by atoms with Crippen LogP contribution >= 0.6 is 0 Å². The van der Waals surface area contributed by atoms with E-state index in [1.807, 2.05) is 0 Å². The molecule has 1 atom stereocenters. The van der Waals surface area contributed by atoms with Gasteiger partial charge in [0, 0.05) is 35.3 Å². The maximum Gasteiger partial charge on any atom is 0.432 e. The van der Waals surface area contributed by atoms with Crippen LogP contribution in [0.15, 0.2) is 85.4 Å². The van der Waals surface area contributed by atoms with Crippen molar-refractivity contribution in [3.05, 3.63) is 131 Å². The number of rotatable bonds is 15. The molecule has 0 aliphatic carbocycles. The predicted octanol–water partition coefficient (Wildman–Crippen LogP) is 10.1. The van der Waals surface area contributed by atoms with E-state index in [1.54, 1.807) is 13.0 Å². The van der Waals surface area contributed by atoms with Gasteiger partial charge in [-0.05, 0) is 73.7 Å². The van der Waals surface area contributed by atoms with Gasteiger partial charge in [0.25, 0.3) is 0 Å². The highest BCUT2D eigenvalue weighted by atomic mass is 19.3. The lowest BCUT2D eigenvalue weighted by atomic mass is 10.0. The fraction of sp³-hybridized carbons (Fsp3) is 0.257. The molecule has 0 bridgehead atoms. The molecule has 0 aliphatic heterocycles. The summed E-state index contributed by atoms with van der Waals surface area (Å²) in [5.74, 6) is -8.85. The fourth-order valence-electron chi connectivity index (χ4n) is 4.50. The van der Waals surface area contributed by atoms with Crippen molar-refractivity contribution in [1.82, 2.24) is 0 Å². The van der Waals surface area contributed by atoms with E-state index in [0.29, 0.717) is 37.3 Å². The van der Waals surface area contributed by atoms with E-state index < -0.39 is 63.5 Å². The number of benzene rings is 3. The average Bonchev–Trinajstić information content (AvgIpc) is 2.98. The van der Waals surface area contributed by atoms with Crippen molar-refractivity contribution in [1.29, 1.82) is 0 Å². The number of alkyl halides is 2. The molecule has 246 valence electrons. The maximum atomic E-state index is 15.1. The summed E-state index contributed by atoms with van der Waals surface area (Å²) in [6.07, 6.45) is 2.81. The summed E-state index contributed by atoms with van der Waals surface area (Å²) >= 11 is 0. The lowest BCUT2D eigenvalue weighted by Gasteiger charge is -2.20. The van der Waals surface area contributed by atoms with Crippen molar-refractivity contribution in [3.8, 4) is 16.9 Å². The second kappa shape index (κ2) is 16.3. The Morgan fingerprint density at radius 1 is 0.957 bits per heavy atom. The highest BCUT2D eigenvalue weighted by molar-refractivity contribution is 5.78. The van der Waals surface area contributed by atoms with Crippen LogP contribution in [-0.4, -0.2) is 18.3 Å². The summed E-state index contributed by atoms with van der Waals surface area (Å²) in [4.78, 5) is 0. The van der Waals surface area contributed by atoms with Gasteiger partial charge in [0.1, 0.15) is 46.7 Å². The number of ether oxygens (including phenoxy) is 2. The minimum atomic E-state index is -4.67. The summed E-state index contributed by atoms with van der Waals surface area (Å²) in [5, 5.41) is 9.43. The third kappa shape index (κ3) is 8.87. The predicted molar refractivity (Wildman–Crippen MR) is 160 cm³/mol. The smallest absolute Gasteiger partial charge is 0.432 e. The minimum Gasteiger partial charge on any atom is -0.498 e. The van der Waals surface area contributed by atoms with Gasteiger partial charge in [-0.1, -0.05) is 31.2 Å². The molecule has 0 amide bonds. The zero-order chi connectivity index (χ0) is 34.0. The number of hydrogen-bond donors (Lipinski definition) is 1. The van der Waals surface area contributed by atoms with Crippen LogP contribution in [0.2, 0.25) is 0 Å². The Morgan fingerprint density at radius 2 is 1.61 bits per heavy atom. The monoisotopic (exact) mass is 652 g/mol. The molecule has 0 heterocycles. The van der Waals surface area contributed by atoms with Gasteiger partial charge in [-0.2, -0.15) is 8.78 Å². The topological polar surface area (TPSA) is 38.7 Å². The molecule has 0 aliphatic rings. The van der Waals surface area contributed by atoms with E-state index in [4.69, 9.17) is 4.74 Å². The third-order valence-corrected chi connectivity index (χ3v) is 6.90. The molecular formula is C35H32F8O3. The Hall–Kier alpha value is -4.38. The lowest BCUT2D eigenvalue weighted by molar-refractivity contribution is -0.189. The Labute approximate surface area is 261 Å². The Balaban J connectivity index is 1.88. The van der Waals surface area contributed by atoms with Crippen molar-refractivity contribution >= 4 is 5.57 Å². The Kier molecular flexibility index (Phi) is 12.8. The number of allylic oxidation sites excluding steroid dienone is 6. The molecule has 0 aromatic heterocycles. The van der Waals surface area contributed by atoms with Gasteiger partial charge in [0.05, 0.1) is 6.61 Å². The van der Waals surface area contributed by atoms with E-state index in [9.17, 15) is 18.3 Å². The van der Waals surface area contributed by atoms with Gasteiger partial charge < -0.3 is 14.6 Å².